The molecule has 5 nitrogen and oxygen atoms in total. The average molecular weight is 347 g/mol. The van der Waals surface area contributed by atoms with Crippen LogP contribution in [0.4, 0.5) is 23.1 Å². The average Bonchev–Trinajstić information content (AvgIpc) is 2.58. The molecule has 0 fully saturated rings. The Morgan fingerprint density at radius 2 is 1.65 bits per heavy atom. The van der Waals surface area contributed by atoms with E-state index in [1.807, 2.05) is 12.1 Å². The monoisotopic (exact) mass is 347 g/mol. The fourth-order valence-electron chi connectivity index (χ4n) is 2.75. The van der Waals surface area contributed by atoms with Crippen molar-refractivity contribution in [3.63, 3.8) is 0 Å². The maximum absolute atomic E-state index is 4.54. The van der Waals surface area contributed by atoms with E-state index in [1.165, 1.54) is 16.7 Å². The lowest BCUT2D eigenvalue weighted by Crippen LogP contribution is -2.14. The lowest BCUT2D eigenvalue weighted by Gasteiger charge is -2.23. The van der Waals surface area contributed by atoms with Crippen LogP contribution in [0.25, 0.3) is 0 Å². The molecule has 0 aliphatic rings. The van der Waals surface area contributed by atoms with E-state index in [-0.39, 0.29) is 5.41 Å². The second-order valence-electron chi connectivity index (χ2n) is 7.51. The number of benzene rings is 2. The van der Waals surface area contributed by atoms with Crippen LogP contribution in [0, 0.1) is 13.8 Å². The zero-order chi connectivity index (χ0) is 18.7. The van der Waals surface area contributed by atoms with E-state index in [1.54, 1.807) is 6.20 Å². The zero-order valence-electron chi connectivity index (χ0n) is 16.0. The van der Waals surface area contributed by atoms with Crippen LogP contribution in [0.3, 0.4) is 0 Å². The van der Waals surface area contributed by atoms with Crippen molar-refractivity contribution in [2.24, 2.45) is 0 Å². The van der Waals surface area contributed by atoms with Gasteiger partial charge in [0.15, 0.2) is 5.82 Å². The van der Waals surface area contributed by atoms with Gasteiger partial charge < -0.3 is 10.6 Å². The first-order chi connectivity index (χ1) is 12.3. The van der Waals surface area contributed by atoms with Crippen LogP contribution >= 0.6 is 0 Å². The van der Waals surface area contributed by atoms with Gasteiger partial charge in [0, 0.05) is 11.4 Å². The molecule has 5 heteroatoms. The first-order valence-electron chi connectivity index (χ1n) is 8.73. The second-order valence-corrected chi connectivity index (χ2v) is 7.51. The van der Waals surface area contributed by atoms with Gasteiger partial charge in [-0.25, -0.2) is 0 Å². The Balaban J connectivity index is 1.83. The Bertz CT molecular complexity index is 912. The van der Waals surface area contributed by atoms with Gasteiger partial charge in [0.05, 0.1) is 6.20 Å². The molecule has 1 aromatic heterocycles. The predicted octanol–water partition coefficient (Wildman–Crippen LogP) is 5.27. The molecule has 0 saturated heterocycles. The SMILES string of the molecule is Cc1ccc(Nc2nncc(Nc3ccccc3C(C)(C)C)n2)cc1C. The number of hydrogen-bond acceptors (Lipinski definition) is 5. The quantitative estimate of drug-likeness (QED) is 0.673. The number of hydrogen-bond donors (Lipinski definition) is 2. The Hall–Kier alpha value is -2.95. The number of para-hydroxylation sites is 1. The number of nitrogens with one attached hydrogen (secondary N) is 2. The smallest absolute Gasteiger partial charge is 0.249 e. The molecule has 0 spiro atoms. The molecular weight excluding hydrogens is 322 g/mol. The summed E-state index contributed by atoms with van der Waals surface area (Å²) >= 11 is 0. The molecule has 0 amide bonds. The molecule has 0 unspecified atom stereocenters. The summed E-state index contributed by atoms with van der Waals surface area (Å²) in [5, 5.41) is 14.7. The van der Waals surface area contributed by atoms with Gasteiger partial charge in [0.2, 0.25) is 5.95 Å². The third-order valence-electron chi connectivity index (χ3n) is 4.32. The number of nitrogens with zero attached hydrogens (tertiary/aromatic N) is 3. The maximum Gasteiger partial charge on any atom is 0.249 e. The molecule has 0 bridgehead atoms. The van der Waals surface area contributed by atoms with Crippen LogP contribution in [0.2, 0.25) is 0 Å². The Labute approximate surface area is 154 Å². The van der Waals surface area contributed by atoms with E-state index in [9.17, 15) is 0 Å². The fraction of sp³-hybridized carbons (Fsp3) is 0.286. The highest BCUT2D eigenvalue weighted by Gasteiger charge is 2.17. The highest BCUT2D eigenvalue weighted by molar-refractivity contribution is 5.63. The highest BCUT2D eigenvalue weighted by Crippen LogP contribution is 2.30. The minimum absolute atomic E-state index is 0.0323. The van der Waals surface area contributed by atoms with Gasteiger partial charge in [-0.05, 0) is 54.2 Å². The van der Waals surface area contributed by atoms with Crippen molar-refractivity contribution in [3.05, 3.63) is 65.4 Å². The molecule has 0 radical (unpaired) electrons. The zero-order valence-corrected chi connectivity index (χ0v) is 16.0. The predicted molar refractivity (Wildman–Crippen MR) is 107 cm³/mol. The summed E-state index contributed by atoms with van der Waals surface area (Å²) < 4.78 is 0. The number of rotatable bonds is 4. The van der Waals surface area contributed by atoms with Gasteiger partial charge in [-0.15, -0.1) is 5.10 Å². The molecule has 2 aromatic carbocycles. The van der Waals surface area contributed by atoms with E-state index >= 15 is 0 Å². The minimum Gasteiger partial charge on any atom is -0.339 e. The van der Waals surface area contributed by atoms with Crippen molar-refractivity contribution in [3.8, 4) is 0 Å². The normalized spacial score (nSPS) is 11.3. The van der Waals surface area contributed by atoms with E-state index in [0.717, 1.165) is 11.4 Å². The first-order valence-corrected chi connectivity index (χ1v) is 8.73. The summed E-state index contributed by atoms with van der Waals surface area (Å²) in [6, 6.07) is 14.4. The van der Waals surface area contributed by atoms with E-state index < -0.39 is 0 Å². The lowest BCUT2D eigenvalue weighted by atomic mass is 9.86. The summed E-state index contributed by atoms with van der Waals surface area (Å²) in [6.07, 6.45) is 1.63. The van der Waals surface area contributed by atoms with Crippen LogP contribution < -0.4 is 10.6 Å². The molecule has 0 aliphatic carbocycles. The minimum atomic E-state index is 0.0323. The van der Waals surface area contributed by atoms with Crippen LogP contribution in [-0.2, 0) is 5.41 Å². The van der Waals surface area contributed by atoms with Crippen LogP contribution in [0.1, 0.15) is 37.5 Å². The third-order valence-corrected chi connectivity index (χ3v) is 4.32. The number of aryl methyl sites for hydroxylation is 2. The standard InChI is InChI=1S/C21H25N5/c1-14-10-11-16(12-15(14)2)23-20-25-19(13-22-26-20)24-18-9-7-6-8-17(18)21(3,4)5/h6-13H,1-5H3,(H2,23,24,25,26). The van der Waals surface area contributed by atoms with Gasteiger partial charge in [-0.1, -0.05) is 45.0 Å². The van der Waals surface area contributed by atoms with Crippen LogP contribution in [0.5, 0.6) is 0 Å². The molecular formula is C21H25N5. The fourth-order valence-corrected chi connectivity index (χ4v) is 2.75. The topological polar surface area (TPSA) is 62.7 Å². The Morgan fingerprint density at radius 3 is 2.38 bits per heavy atom. The van der Waals surface area contributed by atoms with Gasteiger partial charge in [0.25, 0.3) is 0 Å². The van der Waals surface area contributed by atoms with Crippen LogP contribution in [-0.4, -0.2) is 15.2 Å². The van der Waals surface area contributed by atoms with Crippen molar-refractivity contribution in [1.82, 2.24) is 15.2 Å². The van der Waals surface area contributed by atoms with Crippen molar-refractivity contribution < 1.29 is 0 Å². The van der Waals surface area contributed by atoms with Crippen molar-refractivity contribution >= 4 is 23.1 Å². The highest BCUT2D eigenvalue weighted by atomic mass is 15.3. The Morgan fingerprint density at radius 1 is 0.885 bits per heavy atom. The van der Waals surface area contributed by atoms with Crippen molar-refractivity contribution in [1.29, 1.82) is 0 Å². The first kappa shape index (κ1) is 17.9. The second kappa shape index (κ2) is 7.12. The number of anilines is 4. The third kappa shape index (κ3) is 4.17. The molecule has 1 heterocycles. The van der Waals surface area contributed by atoms with Gasteiger partial charge >= 0.3 is 0 Å². The molecule has 0 saturated carbocycles. The van der Waals surface area contributed by atoms with Crippen molar-refractivity contribution in [2.45, 2.75) is 40.0 Å². The molecule has 2 N–H and O–H groups in total. The summed E-state index contributed by atoms with van der Waals surface area (Å²) in [7, 11) is 0. The van der Waals surface area contributed by atoms with Crippen molar-refractivity contribution in [2.75, 3.05) is 10.6 Å². The molecule has 3 rings (SSSR count). The summed E-state index contributed by atoms with van der Waals surface area (Å²) in [6.45, 7) is 10.8. The van der Waals surface area contributed by atoms with Gasteiger partial charge in [-0.3, -0.25) is 0 Å². The van der Waals surface area contributed by atoms with E-state index in [2.05, 4.69) is 90.8 Å². The number of aromatic nitrogens is 3. The summed E-state index contributed by atoms with van der Waals surface area (Å²) in [5.74, 6) is 1.12. The Kier molecular flexibility index (Phi) is 4.89. The molecule has 134 valence electrons. The van der Waals surface area contributed by atoms with E-state index in [0.29, 0.717) is 11.8 Å². The van der Waals surface area contributed by atoms with Gasteiger partial charge in [0.1, 0.15) is 0 Å². The lowest BCUT2D eigenvalue weighted by molar-refractivity contribution is 0.592. The molecule has 0 aliphatic heterocycles. The molecule has 26 heavy (non-hydrogen) atoms. The van der Waals surface area contributed by atoms with Gasteiger partial charge in [-0.2, -0.15) is 10.1 Å². The largest absolute Gasteiger partial charge is 0.339 e. The summed E-state index contributed by atoms with van der Waals surface area (Å²) in [5.41, 5.74) is 5.70. The molecule has 0 atom stereocenters. The maximum atomic E-state index is 4.54. The van der Waals surface area contributed by atoms with Crippen LogP contribution in [0.15, 0.2) is 48.7 Å². The molecule has 3 aromatic rings. The van der Waals surface area contributed by atoms with E-state index in [4.69, 9.17) is 0 Å². The summed E-state index contributed by atoms with van der Waals surface area (Å²) in [4.78, 5) is 4.54.